The molecule has 3 heteroatoms. The first-order chi connectivity index (χ1) is 10.6. The summed E-state index contributed by atoms with van der Waals surface area (Å²) in [6, 6.07) is 10.5. The first-order valence-electron chi connectivity index (χ1n) is 8.01. The fraction of sp³-hybridized carbons (Fsp3) is 0.267. The first-order valence-corrected chi connectivity index (χ1v) is 5.51. The Morgan fingerprint density at radius 3 is 3.11 bits per heavy atom. The van der Waals surface area contributed by atoms with Crippen molar-refractivity contribution in [1.82, 2.24) is 5.32 Å². The van der Waals surface area contributed by atoms with Gasteiger partial charge in [-0.15, -0.1) is 0 Å². The van der Waals surface area contributed by atoms with E-state index in [-0.39, 0.29) is 0 Å². The molecule has 0 aliphatic carbocycles. The van der Waals surface area contributed by atoms with E-state index < -0.39 is 25.7 Å². The molecule has 0 unspecified atom stereocenters. The molecule has 0 aliphatic heterocycles. The minimum absolute atomic E-state index is 0.361. The van der Waals surface area contributed by atoms with Crippen LogP contribution >= 0.6 is 0 Å². The summed E-state index contributed by atoms with van der Waals surface area (Å²) in [4.78, 5) is 11.4. The van der Waals surface area contributed by atoms with E-state index in [0.717, 1.165) is 5.39 Å². The number of nitrogens with one attached hydrogen (secondary N) is 1. The van der Waals surface area contributed by atoms with Crippen molar-refractivity contribution in [2.45, 2.75) is 13.2 Å². The highest BCUT2D eigenvalue weighted by Gasteiger charge is 2.03. The molecule has 1 N–H and O–H groups in total. The third-order valence-corrected chi connectivity index (χ3v) is 2.62. The summed E-state index contributed by atoms with van der Waals surface area (Å²) < 4.78 is 42.6. The van der Waals surface area contributed by atoms with Crippen molar-refractivity contribution < 1.29 is 16.4 Å². The van der Waals surface area contributed by atoms with Crippen molar-refractivity contribution in [3.63, 3.8) is 0 Å². The van der Waals surface area contributed by atoms with Gasteiger partial charge >= 0.3 is 0 Å². The smallest absolute Gasteiger partial charge is 0.216 e. The highest BCUT2D eigenvalue weighted by atomic mass is 16.5. The number of rotatable bonds is 4. The van der Waals surface area contributed by atoms with Gasteiger partial charge in [0.25, 0.3) is 0 Å². The van der Waals surface area contributed by atoms with Crippen molar-refractivity contribution in [3.8, 4) is 5.75 Å². The molecule has 94 valence electrons. The monoisotopic (exact) mass is 248 g/mol. The van der Waals surface area contributed by atoms with E-state index in [1.807, 2.05) is 12.1 Å². The third kappa shape index (κ3) is 2.80. The zero-order chi connectivity index (χ0) is 17.3. The predicted molar refractivity (Wildman–Crippen MR) is 72.9 cm³/mol. The molecular formula is C15H17NO2. The van der Waals surface area contributed by atoms with Crippen LogP contribution < -0.4 is 10.1 Å². The normalized spacial score (nSPS) is 15.9. The SMILES string of the molecule is [2H]C([2H])([2H])C(=O)NCC([2H])([2H])c1cccc2ccc(OC)cc12. The highest BCUT2D eigenvalue weighted by Crippen LogP contribution is 2.24. The lowest BCUT2D eigenvalue weighted by Gasteiger charge is -2.08. The van der Waals surface area contributed by atoms with Gasteiger partial charge in [-0.05, 0) is 34.8 Å². The molecule has 2 rings (SSSR count). The van der Waals surface area contributed by atoms with Gasteiger partial charge in [-0.2, -0.15) is 0 Å². The molecule has 0 atom stereocenters. The zero-order valence-corrected chi connectivity index (χ0v) is 9.99. The Morgan fingerprint density at radius 2 is 2.33 bits per heavy atom. The highest BCUT2D eigenvalue weighted by molar-refractivity contribution is 5.87. The lowest BCUT2D eigenvalue weighted by atomic mass is 10.0. The molecule has 0 bridgehead atoms. The summed E-state index contributed by atoms with van der Waals surface area (Å²) in [5, 5.41) is 3.63. The summed E-state index contributed by atoms with van der Waals surface area (Å²) in [5.74, 6) is -0.577. The Kier molecular flexibility index (Phi) is 2.28. The number of ether oxygens (including phenoxy) is 1. The predicted octanol–water partition coefficient (Wildman–Crippen LogP) is 2.53. The molecule has 1 amide bonds. The summed E-state index contributed by atoms with van der Waals surface area (Å²) in [6.45, 7) is -3.22. The molecule has 0 saturated carbocycles. The maximum Gasteiger partial charge on any atom is 0.216 e. The topological polar surface area (TPSA) is 38.3 Å². The molecule has 3 nitrogen and oxygen atoms in total. The molecule has 0 radical (unpaired) electrons. The Labute approximate surface area is 114 Å². The van der Waals surface area contributed by atoms with Crippen LogP contribution in [0.25, 0.3) is 10.8 Å². The Morgan fingerprint density at radius 1 is 1.44 bits per heavy atom. The van der Waals surface area contributed by atoms with Crippen molar-refractivity contribution >= 4 is 16.7 Å². The van der Waals surface area contributed by atoms with E-state index in [4.69, 9.17) is 11.6 Å². The maximum atomic E-state index is 11.4. The van der Waals surface area contributed by atoms with E-state index in [9.17, 15) is 4.79 Å². The molecule has 0 fully saturated rings. The van der Waals surface area contributed by atoms with Crippen LogP contribution in [0.3, 0.4) is 0 Å². The average molecular weight is 248 g/mol. The summed E-state index contributed by atoms with van der Waals surface area (Å²) in [6.07, 6.45) is -1.92. The molecule has 18 heavy (non-hydrogen) atoms. The van der Waals surface area contributed by atoms with Gasteiger partial charge in [-0.3, -0.25) is 4.79 Å². The minimum atomic E-state index is -2.79. The molecule has 2 aromatic carbocycles. The third-order valence-electron chi connectivity index (χ3n) is 2.62. The molecule has 0 heterocycles. The van der Waals surface area contributed by atoms with E-state index in [1.54, 1.807) is 24.3 Å². The maximum absolute atomic E-state index is 11.4. The van der Waals surface area contributed by atoms with Crippen LogP contribution in [0.15, 0.2) is 36.4 Å². The van der Waals surface area contributed by atoms with Crippen molar-refractivity contribution in [2.24, 2.45) is 0 Å². The lowest BCUT2D eigenvalue weighted by molar-refractivity contribution is -0.118. The number of hydrogen-bond donors (Lipinski definition) is 1. The molecule has 0 aromatic heterocycles. The van der Waals surface area contributed by atoms with Crippen molar-refractivity contribution in [3.05, 3.63) is 42.0 Å². The summed E-state index contributed by atoms with van der Waals surface area (Å²) in [7, 11) is 1.52. The number of carbonyl (C=O) groups excluding carboxylic acids is 1. The first kappa shape index (κ1) is 7.41. The van der Waals surface area contributed by atoms with Crippen LogP contribution in [0, 0.1) is 0 Å². The van der Waals surface area contributed by atoms with Crippen LogP contribution in [0.4, 0.5) is 0 Å². The van der Waals surface area contributed by atoms with Gasteiger partial charge in [-0.25, -0.2) is 0 Å². The molecule has 0 aliphatic rings. The Hall–Kier alpha value is -2.03. The van der Waals surface area contributed by atoms with Gasteiger partial charge in [0, 0.05) is 20.3 Å². The molecule has 0 spiro atoms. The number of hydrogen-bond acceptors (Lipinski definition) is 2. The quantitative estimate of drug-likeness (QED) is 0.903. The van der Waals surface area contributed by atoms with E-state index in [2.05, 4.69) is 5.32 Å². The summed E-state index contributed by atoms with van der Waals surface area (Å²) >= 11 is 0. The Balaban J connectivity index is 2.35. The number of amides is 1. The number of methoxy groups -OCH3 is 1. The molecular weight excluding hydrogens is 226 g/mol. The average Bonchev–Trinajstić information content (AvgIpc) is 2.50. The van der Waals surface area contributed by atoms with Gasteiger partial charge < -0.3 is 10.1 Å². The van der Waals surface area contributed by atoms with Gasteiger partial charge in [0.1, 0.15) is 5.75 Å². The second-order valence-corrected chi connectivity index (χ2v) is 3.75. The number of benzene rings is 2. The zero-order valence-electron chi connectivity index (χ0n) is 15.0. The van der Waals surface area contributed by atoms with Crippen molar-refractivity contribution in [1.29, 1.82) is 0 Å². The van der Waals surface area contributed by atoms with Crippen molar-refractivity contribution in [2.75, 3.05) is 13.7 Å². The Bertz CT molecular complexity index is 727. The minimum Gasteiger partial charge on any atom is -0.497 e. The van der Waals surface area contributed by atoms with Crippen LogP contribution in [0.5, 0.6) is 5.75 Å². The second kappa shape index (κ2) is 5.54. The fourth-order valence-electron chi connectivity index (χ4n) is 1.75. The lowest BCUT2D eigenvalue weighted by Crippen LogP contribution is -2.22. The van der Waals surface area contributed by atoms with Gasteiger partial charge in [0.2, 0.25) is 5.91 Å². The van der Waals surface area contributed by atoms with E-state index in [0.29, 0.717) is 16.7 Å². The summed E-state index contributed by atoms with van der Waals surface area (Å²) in [5.41, 5.74) is 0.361. The van der Waals surface area contributed by atoms with Crippen LogP contribution in [0.1, 0.15) is 19.3 Å². The fourth-order valence-corrected chi connectivity index (χ4v) is 1.75. The standard InChI is InChI=1S/C15H17NO2/c1-11(17)16-9-8-13-5-3-4-12-6-7-14(18-2)10-15(12)13/h3-7,10H,8-9H2,1-2H3,(H,16,17)/i1D3,8D2. The second-order valence-electron chi connectivity index (χ2n) is 3.75. The van der Waals surface area contributed by atoms with E-state index in [1.165, 1.54) is 7.11 Å². The van der Waals surface area contributed by atoms with Crippen LogP contribution in [-0.4, -0.2) is 19.6 Å². The van der Waals surface area contributed by atoms with E-state index >= 15 is 0 Å². The van der Waals surface area contributed by atoms with Gasteiger partial charge in [-0.1, -0.05) is 24.3 Å². The van der Waals surface area contributed by atoms with Gasteiger partial charge in [0.15, 0.2) is 0 Å². The van der Waals surface area contributed by atoms with Crippen LogP contribution in [0.2, 0.25) is 0 Å². The molecule has 2 aromatic rings. The number of fused-ring (bicyclic) bond motifs is 1. The number of carbonyl (C=O) groups is 1. The largest absolute Gasteiger partial charge is 0.497 e. The molecule has 0 saturated heterocycles. The van der Waals surface area contributed by atoms with Crippen LogP contribution in [-0.2, 0) is 11.2 Å². The van der Waals surface area contributed by atoms with Gasteiger partial charge in [0.05, 0.1) is 7.11 Å².